The van der Waals surface area contributed by atoms with Crippen LogP contribution in [0.25, 0.3) is 5.69 Å². The van der Waals surface area contributed by atoms with Gasteiger partial charge in [0.2, 0.25) is 0 Å². The van der Waals surface area contributed by atoms with E-state index >= 15 is 0 Å². The average Bonchev–Trinajstić information content (AvgIpc) is 2.58. The number of sulfone groups is 1. The quantitative estimate of drug-likeness (QED) is 0.869. The molecule has 0 radical (unpaired) electrons. The molecule has 90 valence electrons. The topological polar surface area (TPSA) is 78.0 Å². The molecule has 0 saturated heterocycles. The fraction of sp³-hybridized carbons (Fsp3) is 0.182. The molecule has 6 heteroatoms. The van der Waals surface area contributed by atoms with E-state index in [2.05, 4.69) is 5.10 Å². The average molecular weight is 251 g/mol. The van der Waals surface area contributed by atoms with Crippen molar-refractivity contribution in [2.24, 2.45) is 0 Å². The van der Waals surface area contributed by atoms with Crippen molar-refractivity contribution >= 4 is 15.7 Å². The van der Waals surface area contributed by atoms with Crippen LogP contribution in [0.4, 0.5) is 5.82 Å². The Hall–Kier alpha value is -1.82. The molecule has 0 saturated carbocycles. The van der Waals surface area contributed by atoms with Crippen LogP contribution in [0.1, 0.15) is 5.56 Å². The van der Waals surface area contributed by atoms with Gasteiger partial charge in [-0.25, -0.2) is 13.1 Å². The first kappa shape index (κ1) is 11.7. The number of aromatic nitrogens is 2. The van der Waals surface area contributed by atoms with Crippen LogP contribution in [-0.4, -0.2) is 24.5 Å². The molecule has 0 fully saturated rings. The third-order valence-corrected chi connectivity index (χ3v) is 3.59. The molecule has 1 aromatic heterocycles. The van der Waals surface area contributed by atoms with Gasteiger partial charge in [-0.3, -0.25) is 0 Å². The minimum absolute atomic E-state index is 0.238. The number of hydrogen-bond acceptors (Lipinski definition) is 4. The fourth-order valence-corrected chi connectivity index (χ4v) is 2.42. The minimum Gasteiger partial charge on any atom is -0.382 e. The van der Waals surface area contributed by atoms with Crippen LogP contribution < -0.4 is 5.73 Å². The Morgan fingerprint density at radius 1 is 1.29 bits per heavy atom. The maximum absolute atomic E-state index is 11.6. The summed E-state index contributed by atoms with van der Waals surface area (Å²) in [7, 11) is -3.29. The molecular weight excluding hydrogens is 238 g/mol. The first-order valence-electron chi connectivity index (χ1n) is 5.01. The molecule has 0 aliphatic rings. The molecular formula is C11H13N3O2S. The van der Waals surface area contributed by atoms with E-state index in [1.807, 2.05) is 6.92 Å². The van der Waals surface area contributed by atoms with Crippen LogP contribution in [0.5, 0.6) is 0 Å². The van der Waals surface area contributed by atoms with E-state index < -0.39 is 9.84 Å². The molecule has 1 heterocycles. The molecule has 17 heavy (non-hydrogen) atoms. The Morgan fingerprint density at radius 2 is 1.94 bits per heavy atom. The van der Waals surface area contributed by atoms with Crippen molar-refractivity contribution in [2.75, 3.05) is 12.0 Å². The summed E-state index contributed by atoms with van der Waals surface area (Å²) in [5.41, 5.74) is 6.98. The number of hydrogen-bond donors (Lipinski definition) is 1. The summed E-state index contributed by atoms with van der Waals surface area (Å²) in [6.07, 6.45) is 2.88. The van der Waals surface area contributed by atoms with E-state index in [0.29, 0.717) is 11.5 Å². The SMILES string of the molecule is Cc1cn(-c2ccccc2S(C)(=O)=O)nc1N. The smallest absolute Gasteiger partial charge is 0.177 e. The number of nitrogens with zero attached hydrogens (tertiary/aromatic N) is 2. The molecule has 5 nitrogen and oxygen atoms in total. The predicted molar refractivity (Wildman–Crippen MR) is 65.8 cm³/mol. The maximum Gasteiger partial charge on any atom is 0.177 e. The molecule has 0 aliphatic heterocycles. The zero-order chi connectivity index (χ0) is 12.6. The number of rotatable bonds is 2. The Kier molecular flexibility index (Phi) is 2.66. The monoisotopic (exact) mass is 251 g/mol. The van der Waals surface area contributed by atoms with Crippen LogP contribution in [0.15, 0.2) is 35.4 Å². The van der Waals surface area contributed by atoms with Crippen molar-refractivity contribution in [3.8, 4) is 5.69 Å². The van der Waals surface area contributed by atoms with E-state index in [9.17, 15) is 8.42 Å². The lowest BCUT2D eigenvalue weighted by molar-refractivity contribution is 0.601. The van der Waals surface area contributed by atoms with E-state index in [1.165, 1.54) is 10.9 Å². The second kappa shape index (κ2) is 3.89. The van der Waals surface area contributed by atoms with Crippen molar-refractivity contribution in [3.05, 3.63) is 36.0 Å². The number of nitrogen functional groups attached to an aromatic ring is 1. The maximum atomic E-state index is 11.6. The first-order chi connectivity index (χ1) is 7.89. The summed E-state index contributed by atoms with van der Waals surface area (Å²) in [5.74, 6) is 0.397. The Balaban J connectivity index is 2.68. The molecule has 1 aromatic carbocycles. The zero-order valence-corrected chi connectivity index (χ0v) is 10.4. The number of benzene rings is 1. The van der Waals surface area contributed by atoms with E-state index in [1.54, 1.807) is 30.5 Å². The third-order valence-electron chi connectivity index (χ3n) is 2.45. The molecule has 0 bridgehead atoms. The molecule has 2 N–H and O–H groups in total. The normalized spacial score (nSPS) is 11.6. The van der Waals surface area contributed by atoms with Gasteiger partial charge in [-0.05, 0) is 19.1 Å². The second-order valence-corrected chi connectivity index (χ2v) is 5.87. The highest BCUT2D eigenvalue weighted by Crippen LogP contribution is 2.20. The zero-order valence-electron chi connectivity index (χ0n) is 9.58. The summed E-state index contributed by atoms with van der Waals surface area (Å²) in [6, 6.07) is 6.69. The summed E-state index contributed by atoms with van der Waals surface area (Å²) in [4.78, 5) is 0.238. The summed E-state index contributed by atoms with van der Waals surface area (Å²) in [5, 5.41) is 4.08. The molecule has 0 amide bonds. The number of anilines is 1. The van der Waals surface area contributed by atoms with Gasteiger partial charge in [0, 0.05) is 18.0 Å². The number of nitrogens with two attached hydrogens (primary N) is 1. The van der Waals surface area contributed by atoms with Gasteiger partial charge in [-0.2, -0.15) is 5.10 Å². The van der Waals surface area contributed by atoms with Crippen LogP contribution in [0.3, 0.4) is 0 Å². The third kappa shape index (κ3) is 2.16. The lowest BCUT2D eigenvalue weighted by Crippen LogP contribution is -2.05. The van der Waals surface area contributed by atoms with E-state index in [4.69, 9.17) is 5.73 Å². The van der Waals surface area contributed by atoms with Crippen molar-refractivity contribution in [1.82, 2.24) is 9.78 Å². The molecule has 0 spiro atoms. The van der Waals surface area contributed by atoms with Gasteiger partial charge in [0.15, 0.2) is 9.84 Å². The summed E-state index contributed by atoms with van der Waals surface area (Å²) < 4.78 is 24.8. The Labute approximate surface area is 99.8 Å². The predicted octanol–water partition coefficient (Wildman–Crippen LogP) is 1.17. The van der Waals surface area contributed by atoms with E-state index in [0.717, 1.165) is 5.56 Å². The van der Waals surface area contributed by atoms with Gasteiger partial charge in [0.1, 0.15) is 5.82 Å². The minimum atomic E-state index is -3.29. The largest absolute Gasteiger partial charge is 0.382 e. The van der Waals surface area contributed by atoms with Gasteiger partial charge in [-0.1, -0.05) is 12.1 Å². The van der Waals surface area contributed by atoms with Gasteiger partial charge in [-0.15, -0.1) is 0 Å². The highest BCUT2D eigenvalue weighted by atomic mass is 32.2. The molecule has 0 unspecified atom stereocenters. The van der Waals surface area contributed by atoms with Crippen molar-refractivity contribution in [1.29, 1.82) is 0 Å². The fourth-order valence-electron chi connectivity index (χ4n) is 1.56. The van der Waals surface area contributed by atoms with Crippen LogP contribution in [-0.2, 0) is 9.84 Å². The second-order valence-electron chi connectivity index (χ2n) is 3.88. The summed E-state index contributed by atoms with van der Waals surface area (Å²) >= 11 is 0. The molecule has 0 aliphatic carbocycles. The van der Waals surface area contributed by atoms with Gasteiger partial charge >= 0.3 is 0 Å². The number of para-hydroxylation sites is 1. The van der Waals surface area contributed by atoms with Crippen molar-refractivity contribution in [3.63, 3.8) is 0 Å². The molecule has 0 atom stereocenters. The van der Waals surface area contributed by atoms with Gasteiger partial charge in [0.25, 0.3) is 0 Å². The summed E-state index contributed by atoms with van der Waals surface area (Å²) in [6.45, 7) is 1.82. The van der Waals surface area contributed by atoms with E-state index in [-0.39, 0.29) is 4.90 Å². The molecule has 2 aromatic rings. The van der Waals surface area contributed by atoms with Gasteiger partial charge in [0.05, 0.1) is 10.6 Å². The lowest BCUT2D eigenvalue weighted by Gasteiger charge is -2.06. The first-order valence-corrected chi connectivity index (χ1v) is 6.90. The van der Waals surface area contributed by atoms with Crippen molar-refractivity contribution in [2.45, 2.75) is 11.8 Å². The lowest BCUT2D eigenvalue weighted by atomic mass is 10.3. The Morgan fingerprint density at radius 3 is 2.47 bits per heavy atom. The highest BCUT2D eigenvalue weighted by molar-refractivity contribution is 7.90. The highest BCUT2D eigenvalue weighted by Gasteiger charge is 2.15. The van der Waals surface area contributed by atoms with Crippen LogP contribution in [0.2, 0.25) is 0 Å². The van der Waals surface area contributed by atoms with Crippen LogP contribution in [0, 0.1) is 6.92 Å². The molecule has 2 rings (SSSR count). The number of aryl methyl sites for hydroxylation is 1. The van der Waals surface area contributed by atoms with Crippen LogP contribution >= 0.6 is 0 Å². The standard InChI is InChI=1S/C11H13N3O2S/c1-8-7-14(13-11(8)12)9-5-3-4-6-10(9)17(2,15)16/h3-7H,1-2H3,(H2,12,13). The van der Waals surface area contributed by atoms with Gasteiger partial charge < -0.3 is 5.73 Å². The van der Waals surface area contributed by atoms with Crippen molar-refractivity contribution < 1.29 is 8.42 Å². The Bertz CT molecular complexity index is 640.